The molecule has 1 unspecified atom stereocenters. The number of amides is 1. The molecule has 0 heterocycles. The molecular weight excluding hydrogens is 195 g/mol. The minimum atomic E-state index is -1.11. The number of carbonyl (C=O) groups is 2. The molecule has 1 amide bonds. The van der Waals surface area contributed by atoms with Crippen molar-refractivity contribution in [3.05, 3.63) is 0 Å². The van der Waals surface area contributed by atoms with E-state index in [1.165, 1.54) is 0 Å². The normalized spacial score (nSPS) is 11.4. The quantitative estimate of drug-likeness (QED) is 0.528. The molecule has 6 heteroatoms. The van der Waals surface area contributed by atoms with E-state index in [0.29, 0.717) is 0 Å². The van der Waals surface area contributed by atoms with E-state index in [4.69, 9.17) is 16.6 Å². The molecule has 0 aromatic carbocycles. The molecule has 0 bridgehead atoms. The molecule has 0 fully saturated rings. The zero-order chi connectivity index (χ0) is 8.15. The second-order valence-corrected chi connectivity index (χ2v) is 1.95. The standard InChI is InChI=1S/C5H10N2O3.Co/c6-3(5(9)10)1-2-4(7)8;/h3H,1-2,6H2,(H2,7,8)(H,9,10);. The van der Waals surface area contributed by atoms with Crippen LogP contribution in [0.25, 0.3) is 0 Å². The van der Waals surface area contributed by atoms with Gasteiger partial charge in [0.05, 0.1) is 0 Å². The van der Waals surface area contributed by atoms with Crippen molar-refractivity contribution in [3.63, 3.8) is 0 Å². The third kappa shape index (κ3) is 7.30. The Balaban J connectivity index is 0. The van der Waals surface area contributed by atoms with E-state index in [9.17, 15) is 9.59 Å². The second-order valence-electron chi connectivity index (χ2n) is 1.95. The molecule has 5 N–H and O–H groups in total. The number of primary amides is 1. The van der Waals surface area contributed by atoms with Crippen LogP contribution in [0.1, 0.15) is 12.8 Å². The van der Waals surface area contributed by atoms with E-state index in [0.717, 1.165) is 0 Å². The fourth-order valence-corrected chi connectivity index (χ4v) is 0.421. The number of carboxylic acid groups (broad SMARTS) is 1. The maximum Gasteiger partial charge on any atom is 0.320 e. The molecule has 0 aromatic heterocycles. The van der Waals surface area contributed by atoms with E-state index in [1.54, 1.807) is 0 Å². The maximum atomic E-state index is 10.1. The second kappa shape index (κ2) is 6.14. The molecule has 11 heavy (non-hydrogen) atoms. The topological polar surface area (TPSA) is 106 Å². The fourth-order valence-electron chi connectivity index (χ4n) is 0.421. The van der Waals surface area contributed by atoms with Crippen LogP contribution in [-0.2, 0) is 26.4 Å². The smallest absolute Gasteiger partial charge is 0.320 e. The van der Waals surface area contributed by atoms with E-state index in [-0.39, 0.29) is 29.6 Å². The number of carboxylic acids is 1. The number of carbonyl (C=O) groups excluding carboxylic acids is 1. The van der Waals surface area contributed by atoms with Crippen LogP contribution < -0.4 is 11.5 Å². The summed E-state index contributed by atoms with van der Waals surface area (Å²) in [5.41, 5.74) is 9.81. The molecule has 1 radical (unpaired) electrons. The van der Waals surface area contributed by atoms with Crippen LogP contribution in [0.4, 0.5) is 0 Å². The van der Waals surface area contributed by atoms with E-state index in [1.807, 2.05) is 0 Å². The summed E-state index contributed by atoms with van der Waals surface area (Å²) in [6, 6.07) is -0.979. The Kier molecular flexibility index (Phi) is 7.27. The molecule has 0 aliphatic heterocycles. The minimum Gasteiger partial charge on any atom is -0.480 e. The van der Waals surface area contributed by atoms with Crippen molar-refractivity contribution in [2.24, 2.45) is 11.5 Å². The van der Waals surface area contributed by atoms with Crippen molar-refractivity contribution in [1.82, 2.24) is 0 Å². The largest absolute Gasteiger partial charge is 0.480 e. The minimum absolute atomic E-state index is 0. The summed E-state index contributed by atoms with van der Waals surface area (Å²) in [4.78, 5) is 20.1. The van der Waals surface area contributed by atoms with Crippen LogP contribution in [-0.4, -0.2) is 23.0 Å². The van der Waals surface area contributed by atoms with Gasteiger partial charge in [-0.05, 0) is 6.42 Å². The van der Waals surface area contributed by atoms with Gasteiger partial charge < -0.3 is 16.6 Å². The first-order valence-electron chi connectivity index (χ1n) is 2.80. The molecule has 0 aromatic rings. The van der Waals surface area contributed by atoms with Crippen molar-refractivity contribution in [1.29, 1.82) is 0 Å². The number of rotatable bonds is 4. The van der Waals surface area contributed by atoms with Gasteiger partial charge in [-0.25, -0.2) is 0 Å². The Bertz CT molecular complexity index is 151. The molecule has 0 saturated heterocycles. The molecule has 1 atom stereocenters. The predicted octanol–water partition coefficient (Wildman–Crippen LogP) is -1.34. The zero-order valence-corrected chi connectivity index (χ0v) is 6.78. The molecule has 0 saturated carbocycles. The number of hydrogen-bond donors (Lipinski definition) is 3. The SMILES string of the molecule is NC(=O)CCC(N)C(=O)O.[Co]. The first-order valence-corrected chi connectivity index (χ1v) is 2.80. The molecule has 0 aliphatic rings. The van der Waals surface area contributed by atoms with Gasteiger partial charge in [-0.1, -0.05) is 0 Å². The monoisotopic (exact) mass is 205 g/mol. The van der Waals surface area contributed by atoms with Crippen LogP contribution in [0.5, 0.6) is 0 Å². The Morgan fingerprint density at radius 1 is 1.45 bits per heavy atom. The summed E-state index contributed by atoms with van der Waals surface area (Å²) in [6.45, 7) is 0. The van der Waals surface area contributed by atoms with Gasteiger partial charge in [0.15, 0.2) is 0 Å². The Hall–Kier alpha value is -0.594. The number of aliphatic carboxylic acids is 1. The first-order chi connectivity index (χ1) is 4.54. The van der Waals surface area contributed by atoms with Gasteiger partial charge in [-0.3, -0.25) is 9.59 Å². The Morgan fingerprint density at radius 3 is 2.18 bits per heavy atom. The van der Waals surface area contributed by atoms with Crippen molar-refractivity contribution < 1.29 is 31.5 Å². The molecule has 0 rings (SSSR count). The van der Waals surface area contributed by atoms with Gasteiger partial charge in [-0.2, -0.15) is 0 Å². The Morgan fingerprint density at radius 2 is 1.91 bits per heavy atom. The summed E-state index contributed by atoms with van der Waals surface area (Å²) in [5, 5.41) is 8.22. The van der Waals surface area contributed by atoms with Gasteiger partial charge >= 0.3 is 5.97 Å². The summed E-state index contributed by atoms with van der Waals surface area (Å²) in [7, 11) is 0. The van der Waals surface area contributed by atoms with Crippen molar-refractivity contribution in [2.45, 2.75) is 18.9 Å². The summed E-state index contributed by atoms with van der Waals surface area (Å²) in [5.74, 6) is -1.64. The predicted molar refractivity (Wildman–Crippen MR) is 34.0 cm³/mol. The summed E-state index contributed by atoms with van der Waals surface area (Å²) in [6.07, 6.45) is 0.123. The van der Waals surface area contributed by atoms with Gasteiger partial charge in [0.1, 0.15) is 6.04 Å². The van der Waals surface area contributed by atoms with E-state index in [2.05, 4.69) is 0 Å². The molecule has 5 nitrogen and oxygen atoms in total. The van der Waals surface area contributed by atoms with Crippen molar-refractivity contribution in [3.8, 4) is 0 Å². The van der Waals surface area contributed by atoms with Gasteiger partial charge in [0, 0.05) is 23.2 Å². The average molecular weight is 205 g/mol. The van der Waals surface area contributed by atoms with Gasteiger partial charge in [0.25, 0.3) is 0 Å². The van der Waals surface area contributed by atoms with Crippen LogP contribution in [0, 0.1) is 0 Å². The van der Waals surface area contributed by atoms with Crippen LogP contribution in [0.15, 0.2) is 0 Å². The van der Waals surface area contributed by atoms with Crippen LogP contribution in [0.3, 0.4) is 0 Å². The van der Waals surface area contributed by atoms with E-state index >= 15 is 0 Å². The molecule has 67 valence electrons. The maximum absolute atomic E-state index is 10.1. The van der Waals surface area contributed by atoms with Crippen molar-refractivity contribution >= 4 is 11.9 Å². The fraction of sp³-hybridized carbons (Fsp3) is 0.600. The van der Waals surface area contributed by atoms with E-state index < -0.39 is 17.9 Å². The third-order valence-corrected chi connectivity index (χ3v) is 1.02. The van der Waals surface area contributed by atoms with Crippen LogP contribution >= 0.6 is 0 Å². The average Bonchev–Trinajstić information content (AvgIpc) is 1.82. The van der Waals surface area contributed by atoms with Crippen LogP contribution in [0.2, 0.25) is 0 Å². The number of nitrogens with two attached hydrogens (primary N) is 2. The summed E-state index contributed by atoms with van der Waals surface area (Å²) < 4.78 is 0. The van der Waals surface area contributed by atoms with Gasteiger partial charge in [-0.15, -0.1) is 0 Å². The number of hydrogen-bond acceptors (Lipinski definition) is 3. The summed E-state index contributed by atoms with van der Waals surface area (Å²) >= 11 is 0. The molecular formula is C5H10CoN2O3. The molecule has 0 aliphatic carbocycles. The molecule has 0 spiro atoms. The first kappa shape index (κ1) is 13.0. The van der Waals surface area contributed by atoms with Crippen molar-refractivity contribution in [2.75, 3.05) is 0 Å². The zero-order valence-electron chi connectivity index (χ0n) is 5.74. The third-order valence-electron chi connectivity index (χ3n) is 1.02. The Labute approximate surface area is 74.3 Å². The van der Waals surface area contributed by atoms with Gasteiger partial charge in [0.2, 0.25) is 5.91 Å².